The van der Waals surface area contributed by atoms with E-state index in [0.29, 0.717) is 0 Å². The van der Waals surface area contributed by atoms with E-state index in [0.717, 1.165) is 18.1 Å². The number of hydrogen-bond acceptors (Lipinski definition) is 2. The summed E-state index contributed by atoms with van der Waals surface area (Å²) in [4.78, 5) is 0. The third-order valence-corrected chi connectivity index (χ3v) is 7.70. The van der Waals surface area contributed by atoms with Crippen molar-refractivity contribution in [2.24, 2.45) is 0 Å². The lowest BCUT2D eigenvalue weighted by Gasteiger charge is -2.31. The van der Waals surface area contributed by atoms with Crippen LogP contribution in [0.1, 0.15) is 27.7 Å². The fraction of sp³-hybridized carbons (Fsp3) is 0.900. The smallest absolute Gasteiger partial charge is 0.193 e. The highest BCUT2D eigenvalue weighted by Crippen LogP contribution is 2.25. The Bertz CT molecular complexity index is 191. The fourth-order valence-corrected chi connectivity index (χ4v) is 4.48. The van der Waals surface area contributed by atoms with Crippen molar-refractivity contribution in [3.8, 4) is 6.07 Å². The van der Waals surface area contributed by atoms with Crippen LogP contribution in [-0.4, -0.2) is 19.8 Å². The molecule has 0 aromatic rings. The second-order valence-corrected chi connectivity index (χ2v) is 9.00. The SMILES string of the molecule is CC[Si](CC)(CC)OC(C#N)C(C)Cl. The summed E-state index contributed by atoms with van der Waals surface area (Å²) in [5, 5.41) is 8.68. The zero-order valence-electron chi connectivity index (χ0n) is 9.51. The molecule has 0 aromatic carbocycles. The summed E-state index contributed by atoms with van der Waals surface area (Å²) >= 11 is 5.90. The van der Waals surface area contributed by atoms with Gasteiger partial charge in [0.15, 0.2) is 8.32 Å². The molecule has 0 aliphatic heterocycles. The Morgan fingerprint density at radius 1 is 1.29 bits per heavy atom. The Morgan fingerprint density at radius 3 is 1.93 bits per heavy atom. The lowest BCUT2D eigenvalue weighted by atomic mass is 10.3. The lowest BCUT2D eigenvalue weighted by Crippen LogP contribution is -2.41. The van der Waals surface area contributed by atoms with E-state index in [9.17, 15) is 0 Å². The molecular weight excluding hydrogens is 214 g/mol. The maximum atomic E-state index is 8.91. The molecule has 0 aliphatic rings. The fourth-order valence-electron chi connectivity index (χ4n) is 1.49. The molecule has 0 bridgehead atoms. The maximum Gasteiger partial charge on any atom is 0.193 e. The standard InChI is InChI=1S/C10H20ClNOSi/c1-5-14(6-2,7-3)13-10(8-12)9(4)11/h9-10H,5-7H2,1-4H3. The topological polar surface area (TPSA) is 33.0 Å². The first kappa shape index (κ1) is 14.0. The second-order valence-electron chi connectivity index (χ2n) is 3.59. The minimum atomic E-state index is -1.67. The van der Waals surface area contributed by atoms with Gasteiger partial charge in [-0.25, -0.2) is 0 Å². The molecule has 0 radical (unpaired) electrons. The second kappa shape index (κ2) is 6.44. The van der Waals surface area contributed by atoms with Crippen LogP contribution >= 0.6 is 11.6 Å². The van der Waals surface area contributed by atoms with Crippen molar-refractivity contribution in [1.82, 2.24) is 0 Å². The minimum Gasteiger partial charge on any atom is -0.400 e. The van der Waals surface area contributed by atoms with E-state index in [1.807, 2.05) is 6.92 Å². The third kappa shape index (κ3) is 3.60. The average Bonchev–Trinajstić information content (AvgIpc) is 2.20. The van der Waals surface area contributed by atoms with Crippen molar-refractivity contribution >= 4 is 19.9 Å². The molecule has 2 atom stereocenters. The predicted molar refractivity (Wildman–Crippen MR) is 63.0 cm³/mol. The molecule has 0 amide bonds. The molecule has 0 saturated heterocycles. The van der Waals surface area contributed by atoms with Gasteiger partial charge in [-0.05, 0) is 25.1 Å². The Hall–Kier alpha value is -0.0431. The Balaban J connectivity index is 4.50. The molecule has 0 spiro atoms. The van der Waals surface area contributed by atoms with Gasteiger partial charge in [0.25, 0.3) is 0 Å². The monoisotopic (exact) mass is 233 g/mol. The van der Waals surface area contributed by atoms with Crippen LogP contribution in [0.25, 0.3) is 0 Å². The van der Waals surface area contributed by atoms with E-state index < -0.39 is 14.4 Å². The summed E-state index contributed by atoms with van der Waals surface area (Å²) in [6.07, 6.45) is -0.441. The van der Waals surface area contributed by atoms with Crippen LogP contribution < -0.4 is 0 Å². The summed E-state index contributed by atoms with van der Waals surface area (Å²) in [7, 11) is -1.67. The van der Waals surface area contributed by atoms with Gasteiger partial charge < -0.3 is 4.43 Å². The van der Waals surface area contributed by atoms with Crippen LogP contribution in [0.15, 0.2) is 0 Å². The van der Waals surface area contributed by atoms with Gasteiger partial charge in [-0.1, -0.05) is 20.8 Å². The molecule has 0 aromatic heterocycles. The van der Waals surface area contributed by atoms with Crippen molar-refractivity contribution in [3.05, 3.63) is 0 Å². The molecule has 0 saturated carbocycles. The first-order valence-corrected chi connectivity index (χ1v) is 8.23. The van der Waals surface area contributed by atoms with Gasteiger partial charge in [0.1, 0.15) is 6.10 Å². The number of hydrogen-bond donors (Lipinski definition) is 0. The Morgan fingerprint density at radius 2 is 1.71 bits per heavy atom. The highest BCUT2D eigenvalue weighted by Gasteiger charge is 2.33. The molecule has 82 valence electrons. The molecule has 0 N–H and O–H groups in total. The molecule has 0 rings (SSSR count). The highest BCUT2D eigenvalue weighted by molar-refractivity contribution is 6.73. The van der Waals surface area contributed by atoms with E-state index in [1.165, 1.54) is 0 Å². The van der Waals surface area contributed by atoms with Crippen molar-refractivity contribution < 1.29 is 4.43 Å². The van der Waals surface area contributed by atoms with Crippen molar-refractivity contribution in [1.29, 1.82) is 5.26 Å². The molecular formula is C10H20ClNOSi. The maximum absolute atomic E-state index is 8.91. The van der Waals surface area contributed by atoms with Gasteiger partial charge in [-0.15, -0.1) is 11.6 Å². The van der Waals surface area contributed by atoms with E-state index in [2.05, 4.69) is 26.8 Å². The quantitative estimate of drug-likeness (QED) is 0.520. The molecule has 2 unspecified atom stereocenters. The zero-order valence-corrected chi connectivity index (χ0v) is 11.3. The van der Waals surface area contributed by atoms with Gasteiger partial charge in [-0.2, -0.15) is 5.26 Å². The number of nitrogens with zero attached hydrogens (tertiary/aromatic N) is 1. The Kier molecular flexibility index (Phi) is 6.42. The van der Waals surface area contributed by atoms with E-state index in [4.69, 9.17) is 21.3 Å². The van der Waals surface area contributed by atoms with Crippen LogP contribution in [0.4, 0.5) is 0 Å². The molecule has 0 fully saturated rings. The normalized spacial score (nSPS) is 16.0. The molecule has 0 heterocycles. The predicted octanol–water partition coefficient (Wildman–Crippen LogP) is 3.53. The first-order valence-electron chi connectivity index (χ1n) is 5.26. The van der Waals surface area contributed by atoms with Crippen LogP contribution in [0, 0.1) is 11.3 Å². The van der Waals surface area contributed by atoms with Crippen LogP contribution in [0.2, 0.25) is 18.1 Å². The zero-order chi connectivity index (χ0) is 11.2. The molecule has 2 nitrogen and oxygen atoms in total. The van der Waals surface area contributed by atoms with Gasteiger partial charge >= 0.3 is 0 Å². The van der Waals surface area contributed by atoms with Crippen molar-refractivity contribution in [2.45, 2.75) is 57.3 Å². The van der Waals surface area contributed by atoms with Crippen LogP contribution in [0.3, 0.4) is 0 Å². The molecule has 14 heavy (non-hydrogen) atoms. The summed E-state index contributed by atoms with van der Waals surface area (Å²) in [6, 6.07) is 5.31. The highest BCUT2D eigenvalue weighted by atomic mass is 35.5. The number of halogens is 1. The largest absolute Gasteiger partial charge is 0.400 e. The van der Waals surface area contributed by atoms with E-state index in [-0.39, 0.29) is 5.38 Å². The number of nitriles is 1. The third-order valence-electron chi connectivity index (χ3n) is 2.85. The summed E-state index contributed by atoms with van der Waals surface area (Å²) in [6.45, 7) is 8.25. The molecule has 0 aliphatic carbocycles. The first-order chi connectivity index (χ1) is 6.55. The van der Waals surface area contributed by atoms with Crippen molar-refractivity contribution in [3.63, 3.8) is 0 Å². The van der Waals surface area contributed by atoms with Gasteiger partial charge in [0, 0.05) is 0 Å². The van der Waals surface area contributed by atoms with E-state index in [1.54, 1.807) is 0 Å². The Labute approximate surface area is 93.3 Å². The molecule has 4 heteroatoms. The lowest BCUT2D eigenvalue weighted by molar-refractivity contribution is 0.238. The van der Waals surface area contributed by atoms with Crippen LogP contribution in [-0.2, 0) is 4.43 Å². The minimum absolute atomic E-state index is 0.225. The van der Waals surface area contributed by atoms with Gasteiger partial charge in [0.05, 0.1) is 11.4 Å². The van der Waals surface area contributed by atoms with Crippen LogP contribution in [0.5, 0.6) is 0 Å². The van der Waals surface area contributed by atoms with Gasteiger partial charge in [0.2, 0.25) is 0 Å². The number of alkyl halides is 1. The summed E-state index contributed by atoms with van der Waals surface area (Å²) in [5.41, 5.74) is 0. The average molecular weight is 234 g/mol. The summed E-state index contributed by atoms with van der Waals surface area (Å²) in [5.74, 6) is 0. The van der Waals surface area contributed by atoms with Gasteiger partial charge in [-0.3, -0.25) is 0 Å². The van der Waals surface area contributed by atoms with Crippen molar-refractivity contribution in [2.75, 3.05) is 0 Å². The van der Waals surface area contributed by atoms with E-state index >= 15 is 0 Å². The number of rotatable bonds is 6. The summed E-state index contributed by atoms with van der Waals surface area (Å²) < 4.78 is 5.94.